The van der Waals surface area contributed by atoms with Crippen LogP contribution in [0.2, 0.25) is 0 Å². The number of fused-ring (bicyclic) bond motifs is 3. The Hall–Kier alpha value is -2.82. The van der Waals surface area contributed by atoms with Gasteiger partial charge in [-0.2, -0.15) is 0 Å². The van der Waals surface area contributed by atoms with Crippen molar-refractivity contribution in [1.29, 1.82) is 0 Å². The van der Waals surface area contributed by atoms with E-state index in [0.717, 1.165) is 27.6 Å². The molecule has 0 aliphatic rings. The zero-order chi connectivity index (χ0) is 18.5. The van der Waals surface area contributed by atoms with Crippen LogP contribution >= 0.6 is 0 Å². The summed E-state index contributed by atoms with van der Waals surface area (Å²) in [5.41, 5.74) is 4.22. The summed E-state index contributed by atoms with van der Waals surface area (Å²) in [4.78, 5) is 18.6. The molecule has 3 aromatic heterocycles. The summed E-state index contributed by atoms with van der Waals surface area (Å²) in [6, 6.07) is 16.3. The van der Waals surface area contributed by atoms with Crippen LogP contribution in [0.25, 0.3) is 27.6 Å². The molecule has 6 heteroatoms. The molecule has 4 rings (SSSR count). The summed E-state index contributed by atoms with van der Waals surface area (Å²) in [7, 11) is 0. The van der Waals surface area contributed by atoms with Crippen molar-refractivity contribution in [2.24, 2.45) is 0 Å². The van der Waals surface area contributed by atoms with Crippen molar-refractivity contribution in [3.05, 3.63) is 79.0 Å². The molecule has 0 aliphatic carbocycles. The number of nitrogens with zero attached hydrogens (tertiary/aromatic N) is 3. The molecule has 1 radical (unpaired) electrons. The molecule has 3 heterocycles. The van der Waals surface area contributed by atoms with Gasteiger partial charge in [0, 0.05) is 49.1 Å². The average Bonchev–Trinajstić information content (AvgIpc) is 2.96. The van der Waals surface area contributed by atoms with E-state index in [2.05, 4.69) is 38.9 Å². The van der Waals surface area contributed by atoms with Crippen LogP contribution in [-0.2, 0) is 24.9 Å². The SMILES string of the molecule is CC(=O)/C=C(/C)O.[Ir].[c-]1nccc2c1c1ncccc1n2-c1ccccc1. The maximum absolute atomic E-state index is 10.0. The van der Waals surface area contributed by atoms with Gasteiger partial charge in [-0.1, -0.05) is 29.8 Å². The van der Waals surface area contributed by atoms with E-state index in [-0.39, 0.29) is 31.6 Å². The fourth-order valence-corrected chi connectivity index (χ4v) is 2.76. The standard InChI is InChI=1S/C16H10N3.C5H8O2.Ir/c1-2-5-12(6-3-1)19-14-8-10-17-11-13(14)16-15(19)7-4-9-18-16;1-4(6)3-5(2)7;/h1-10H;3,6H,1-2H3;/q-1;;/b;4-3-;. The monoisotopic (exact) mass is 537 g/mol. The van der Waals surface area contributed by atoms with Gasteiger partial charge in [-0.05, 0) is 49.8 Å². The number of para-hydroxylation sites is 1. The molecule has 0 spiro atoms. The van der Waals surface area contributed by atoms with Gasteiger partial charge in [0.15, 0.2) is 5.78 Å². The molecule has 0 bridgehead atoms. The second-order valence-electron chi connectivity index (χ2n) is 5.76. The molecule has 0 fully saturated rings. The molecule has 5 nitrogen and oxygen atoms in total. The van der Waals surface area contributed by atoms with Crippen LogP contribution in [-0.4, -0.2) is 25.4 Å². The normalized spacial score (nSPS) is 10.8. The van der Waals surface area contributed by atoms with E-state index in [1.165, 1.54) is 19.9 Å². The fourth-order valence-electron chi connectivity index (χ4n) is 2.76. The number of ketones is 1. The third-order valence-corrected chi connectivity index (χ3v) is 3.67. The van der Waals surface area contributed by atoms with Crippen LogP contribution in [0, 0.1) is 6.20 Å². The Morgan fingerprint density at radius 1 is 1.04 bits per heavy atom. The maximum atomic E-state index is 10.0. The minimum Gasteiger partial charge on any atom is -0.512 e. The average molecular weight is 537 g/mol. The number of hydrogen-bond donors (Lipinski definition) is 1. The molecule has 0 unspecified atom stereocenters. The number of carbonyl (C=O) groups is 1. The number of aromatic nitrogens is 3. The van der Waals surface area contributed by atoms with Crippen molar-refractivity contribution in [2.75, 3.05) is 0 Å². The summed E-state index contributed by atoms with van der Waals surface area (Å²) in [5, 5.41) is 9.32. The first-order chi connectivity index (χ1) is 12.6. The van der Waals surface area contributed by atoms with E-state index < -0.39 is 0 Å². The van der Waals surface area contributed by atoms with Gasteiger partial charge in [0.05, 0.1) is 5.76 Å². The molecule has 0 amide bonds. The number of carbonyl (C=O) groups excluding carboxylic acids is 1. The first-order valence-corrected chi connectivity index (χ1v) is 8.13. The third-order valence-electron chi connectivity index (χ3n) is 3.67. The Morgan fingerprint density at radius 3 is 2.41 bits per heavy atom. The van der Waals surface area contributed by atoms with Crippen LogP contribution in [0.4, 0.5) is 0 Å². The Balaban J connectivity index is 0.000000285. The number of hydrogen-bond acceptors (Lipinski definition) is 4. The minimum atomic E-state index is -0.125. The van der Waals surface area contributed by atoms with Crippen molar-refractivity contribution in [2.45, 2.75) is 13.8 Å². The molecule has 4 aromatic rings. The predicted octanol–water partition coefficient (Wildman–Crippen LogP) is 4.41. The van der Waals surface area contributed by atoms with Crippen molar-refractivity contribution in [3.63, 3.8) is 0 Å². The van der Waals surface area contributed by atoms with Crippen LogP contribution in [0.5, 0.6) is 0 Å². The van der Waals surface area contributed by atoms with Gasteiger partial charge in [-0.25, -0.2) is 0 Å². The van der Waals surface area contributed by atoms with Crippen LogP contribution in [0.15, 0.2) is 72.8 Å². The van der Waals surface area contributed by atoms with Gasteiger partial charge >= 0.3 is 0 Å². The molecule has 27 heavy (non-hydrogen) atoms. The number of aliphatic hydroxyl groups excluding tert-OH is 1. The topological polar surface area (TPSA) is 68.0 Å². The van der Waals surface area contributed by atoms with E-state index in [1.807, 2.05) is 30.3 Å². The van der Waals surface area contributed by atoms with Gasteiger partial charge < -0.3 is 19.6 Å². The number of allylic oxidation sites excluding steroid dienone is 2. The molecule has 0 atom stereocenters. The molecule has 1 aromatic carbocycles. The molecule has 1 N–H and O–H groups in total. The second-order valence-corrected chi connectivity index (χ2v) is 5.76. The summed E-state index contributed by atoms with van der Waals surface area (Å²) in [6.45, 7) is 2.85. The summed E-state index contributed by atoms with van der Waals surface area (Å²) < 4.78 is 2.19. The number of pyridine rings is 2. The van der Waals surface area contributed by atoms with E-state index in [0.29, 0.717) is 0 Å². The van der Waals surface area contributed by atoms with E-state index >= 15 is 0 Å². The summed E-state index contributed by atoms with van der Waals surface area (Å²) >= 11 is 0. The smallest absolute Gasteiger partial charge is 0.155 e. The zero-order valence-corrected chi connectivity index (χ0v) is 17.3. The Morgan fingerprint density at radius 2 is 1.78 bits per heavy atom. The van der Waals surface area contributed by atoms with E-state index in [9.17, 15) is 4.79 Å². The molecular weight excluding hydrogens is 518 g/mol. The Labute approximate surface area is 170 Å². The maximum Gasteiger partial charge on any atom is 0.155 e. The summed E-state index contributed by atoms with van der Waals surface area (Å²) in [6.07, 6.45) is 7.79. The predicted molar refractivity (Wildman–Crippen MR) is 102 cm³/mol. The number of benzene rings is 1. The van der Waals surface area contributed by atoms with Crippen molar-refractivity contribution >= 4 is 27.7 Å². The molecule has 0 saturated carbocycles. The van der Waals surface area contributed by atoms with E-state index in [1.54, 1.807) is 12.4 Å². The van der Waals surface area contributed by atoms with Gasteiger partial charge in [0.25, 0.3) is 0 Å². The minimum absolute atomic E-state index is 0. The van der Waals surface area contributed by atoms with Gasteiger partial charge in [0.1, 0.15) is 0 Å². The third kappa shape index (κ3) is 4.67. The molecule has 0 aliphatic heterocycles. The largest absolute Gasteiger partial charge is 0.512 e. The van der Waals surface area contributed by atoms with E-state index in [4.69, 9.17) is 5.11 Å². The second kappa shape index (κ2) is 9.21. The Kier molecular flexibility index (Phi) is 6.99. The van der Waals surface area contributed by atoms with Crippen LogP contribution < -0.4 is 0 Å². The quantitative estimate of drug-likeness (QED) is 0.234. The first-order valence-electron chi connectivity index (χ1n) is 8.13. The Bertz CT molecular complexity index is 1030. The van der Waals surface area contributed by atoms with Gasteiger partial charge in [-0.15, -0.1) is 6.07 Å². The van der Waals surface area contributed by atoms with Crippen molar-refractivity contribution in [3.8, 4) is 5.69 Å². The fraction of sp³-hybridized carbons (Fsp3) is 0.0952. The van der Waals surface area contributed by atoms with Crippen LogP contribution in [0.3, 0.4) is 0 Å². The van der Waals surface area contributed by atoms with Crippen molar-refractivity contribution < 1.29 is 30.0 Å². The summed E-state index contributed by atoms with van der Waals surface area (Å²) in [5.74, 6) is -0.0625. The van der Waals surface area contributed by atoms with Gasteiger partial charge in [0.2, 0.25) is 0 Å². The van der Waals surface area contributed by atoms with Crippen LogP contribution in [0.1, 0.15) is 13.8 Å². The molecule has 0 saturated heterocycles. The molecule has 139 valence electrons. The van der Waals surface area contributed by atoms with Gasteiger partial charge in [-0.3, -0.25) is 4.79 Å². The zero-order valence-electron chi connectivity index (χ0n) is 14.9. The first kappa shape index (κ1) is 20.5. The van der Waals surface area contributed by atoms with Crippen molar-refractivity contribution in [1.82, 2.24) is 14.5 Å². The number of aliphatic hydroxyl groups is 1. The number of rotatable bonds is 2. The molecular formula is C21H18IrN3O2-.